The number of carbonyl (C=O) groups is 1. The van der Waals surface area contributed by atoms with Gasteiger partial charge < -0.3 is 4.90 Å². The lowest BCUT2D eigenvalue weighted by Crippen LogP contribution is -2.47. The van der Waals surface area contributed by atoms with Crippen molar-refractivity contribution in [3.63, 3.8) is 0 Å². The third-order valence-corrected chi connectivity index (χ3v) is 5.40. The second-order valence-electron chi connectivity index (χ2n) is 6.93. The number of amides is 1. The maximum absolute atomic E-state index is 13.1. The SMILES string of the molecule is O=C(c1cnn(-c2ccccc2)n1)N1C2CCC1CC(n1nccn1)C2. The first-order valence-electron chi connectivity index (χ1n) is 8.96. The smallest absolute Gasteiger partial charge is 0.276 e. The largest absolute Gasteiger partial charge is 0.331 e. The molecule has 26 heavy (non-hydrogen) atoms. The van der Waals surface area contributed by atoms with Crippen molar-refractivity contribution in [2.45, 2.75) is 43.8 Å². The van der Waals surface area contributed by atoms with Gasteiger partial charge in [-0.2, -0.15) is 24.9 Å². The number of nitrogens with zero attached hydrogens (tertiary/aromatic N) is 7. The summed E-state index contributed by atoms with van der Waals surface area (Å²) in [6.07, 6.45) is 8.83. The van der Waals surface area contributed by atoms with Gasteiger partial charge in [0.1, 0.15) is 0 Å². The zero-order chi connectivity index (χ0) is 17.5. The average Bonchev–Trinajstić information content (AvgIpc) is 3.42. The summed E-state index contributed by atoms with van der Waals surface area (Å²) in [5.41, 5.74) is 1.25. The highest BCUT2D eigenvalue weighted by Crippen LogP contribution is 2.40. The molecule has 2 bridgehead atoms. The van der Waals surface area contributed by atoms with Gasteiger partial charge in [-0.25, -0.2) is 0 Å². The fourth-order valence-electron chi connectivity index (χ4n) is 4.26. The van der Waals surface area contributed by atoms with E-state index in [1.165, 1.54) is 4.80 Å². The van der Waals surface area contributed by atoms with E-state index in [1.54, 1.807) is 23.4 Å². The van der Waals surface area contributed by atoms with E-state index in [-0.39, 0.29) is 24.0 Å². The molecule has 2 saturated heterocycles. The lowest BCUT2D eigenvalue weighted by Gasteiger charge is -2.38. The summed E-state index contributed by atoms with van der Waals surface area (Å²) in [6, 6.07) is 10.3. The topological polar surface area (TPSA) is 81.7 Å². The molecule has 2 aliphatic heterocycles. The third kappa shape index (κ3) is 2.49. The Labute approximate surface area is 150 Å². The molecule has 8 nitrogen and oxygen atoms in total. The number of fused-ring (bicyclic) bond motifs is 2. The molecule has 0 aliphatic carbocycles. The standard InChI is InChI=1S/C18H19N7O/c26-18(17-12-21-25(22-17)13-4-2-1-3-5-13)23-14-6-7-15(23)11-16(10-14)24-19-8-9-20-24/h1-5,8-9,12,14-16H,6-7,10-11H2. The molecule has 8 heteroatoms. The van der Waals surface area contributed by atoms with Crippen LogP contribution in [-0.4, -0.2) is 52.9 Å². The van der Waals surface area contributed by atoms with Gasteiger partial charge >= 0.3 is 0 Å². The van der Waals surface area contributed by atoms with Crippen LogP contribution in [0.1, 0.15) is 42.2 Å². The van der Waals surface area contributed by atoms with Gasteiger partial charge in [-0.3, -0.25) is 4.79 Å². The molecule has 2 aromatic heterocycles. The van der Waals surface area contributed by atoms with Crippen LogP contribution in [0.15, 0.2) is 48.9 Å². The highest BCUT2D eigenvalue weighted by Gasteiger charge is 2.45. The Kier molecular flexibility index (Phi) is 3.55. The number of para-hydroxylation sites is 1. The lowest BCUT2D eigenvalue weighted by atomic mass is 9.97. The monoisotopic (exact) mass is 349 g/mol. The van der Waals surface area contributed by atoms with Crippen LogP contribution in [0.3, 0.4) is 0 Å². The number of aromatic nitrogens is 6. The molecule has 0 saturated carbocycles. The van der Waals surface area contributed by atoms with Crippen LogP contribution in [0.4, 0.5) is 0 Å². The van der Waals surface area contributed by atoms with Crippen molar-refractivity contribution in [3.05, 3.63) is 54.6 Å². The van der Waals surface area contributed by atoms with Gasteiger partial charge in [0.15, 0.2) is 5.69 Å². The van der Waals surface area contributed by atoms with Crippen molar-refractivity contribution in [2.24, 2.45) is 0 Å². The number of hydrogen-bond acceptors (Lipinski definition) is 5. The molecule has 2 aliphatic rings. The molecule has 0 N–H and O–H groups in total. The summed E-state index contributed by atoms with van der Waals surface area (Å²) in [5, 5.41) is 17.2. The number of hydrogen-bond donors (Lipinski definition) is 0. The van der Waals surface area contributed by atoms with Crippen LogP contribution in [0.5, 0.6) is 0 Å². The lowest BCUT2D eigenvalue weighted by molar-refractivity contribution is 0.0506. The molecule has 1 aromatic carbocycles. The first-order valence-corrected chi connectivity index (χ1v) is 8.96. The van der Waals surface area contributed by atoms with E-state index in [0.717, 1.165) is 31.4 Å². The van der Waals surface area contributed by atoms with Gasteiger partial charge in [-0.05, 0) is 37.8 Å². The van der Waals surface area contributed by atoms with Crippen LogP contribution in [0, 0.1) is 0 Å². The highest BCUT2D eigenvalue weighted by molar-refractivity contribution is 5.92. The summed E-state index contributed by atoms with van der Waals surface area (Å²) >= 11 is 0. The van der Waals surface area contributed by atoms with Crippen molar-refractivity contribution in [3.8, 4) is 5.69 Å². The molecular weight excluding hydrogens is 330 g/mol. The molecule has 2 atom stereocenters. The Balaban J connectivity index is 1.36. The van der Waals surface area contributed by atoms with E-state index >= 15 is 0 Å². The molecule has 4 heterocycles. The van der Waals surface area contributed by atoms with Crippen molar-refractivity contribution in [1.29, 1.82) is 0 Å². The van der Waals surface area contributed by atoms with E-state index in [2.05, 4.69) is 20.4 Å². The predicted octanol–water partition coefficient (Wildman–Crippen LogP) is 1.87. The molecule has 2 unspecified atom stereocenters. The number of piperidine rings is 1. The Morgan fingerprint density at radius 3 is 2.31 bits per heavy atom. The Morgan fingerprint density at radius 2 is 1.62 bits per heavy atom. The Bertz CT molecular complexity index is 891. The van der Waals surface area contributed by atoms with Crippen molar-refractivity contribution in [2.75, 3.05) is 0 Å². The first-order chi connectivity index (χ1) is 12.8. The minimum atomic E-state index is -0.0217. The second-order valence-corrected chi connectivity index (χ2v) is 6.93. The van der Waals surface area contributed by atoms with Gasteiger partial charge in [0.05, 0.1) is 30.3 Å². The van der Waals surface area contributed by atoms with Crippen LogP contribution >= 0.6 is 0 Å². The van der Waals surface area contributed by atoms with Crippen molar-refractivity contribution in [1.82, 2.24) is 34.9 Å². The van der Waals surface area contributed by atoms with Crippen molar-refractivity contribution < 1.29 is 4.79 Å². The van der Waals surface area contributed by atoms with E-state index in [1.807, 2.05) is 35.2 Å². The van der Waals surface area contributed by atoms with Crippen LogP contribution < -0.4 is 0 Å². The molecular formula is C18H19N7O. The zero-order valence-corrected chi connectivity index (χ0v) is 14.2. The van der Waals surface area contributed by atoms with Gasteiger partial charge in [-0.1, -0.05) is 18.2 Å². The van der Waals surface area contributed by atoms with Crippen LogP contribution in [-0.2, 0) is 0 Å². The number of benzene rings is 1. The van der Waals surface area contributed by atoms with Crippen LogP contribution in [0.2, 0.25) is 0 Å². The van der Waals surface area contributed by atoms with Crippen LogP contribution in [0.25, 0.3) is 5.69 Å². The normalized spacial score (nSPS) is 24.8. The van der Waals surface area contributed by atoms with E-state index in [4.69, 9.17) is 0 Å². The molecule has 0 radical (unpaired) electrons. The number of carbonyl (C=O) groups excluding carboxylic acids is 1. The zero-order valence-electron chi connectivity index (χ0n) is 14.2. The number of rotatable bonds is 3. The molecule has 2 fully saturated rings. The van der Waals surface area contributed by atoms with Gasteiger partial charge in [-0.15, -0.1) is 5.10 Å². The van der Waals surface area contributed by atoms with E-state index in [0.29, 0.717) is 5.69 Å². The maximum Gasteiger partial charge on any atom is 0.276 e. The Morgan fingerprint density at radius 1 is 0.923 bits per heavy atom. The summed E-state index contributed by atoms with van der Waals surface area (Å²) in [5.74, 6) is -0.0217. The van der Waals surface area contributed by atoms with E-state index in [9.17, 15) is 4.79 Å². The fourth-order valence-corrected chi connectivity index (χ4v) is 4.26. The fraction of sp³-hybridized carbons (Fsp3) is 0.389. The molecule has 132 valence electrons. The summed E-state index contributed by atoms with van der Waals surface area (Å²) < 4.78 is 0. The molecule has 1 amide bonds. The third-order valence-electron chi connectivity index (χ3n) is 5.40. The minimum Gasteiger partial charge on any atom is -0.331 e. The summed E-state index contributed by atoms with van der Waals surface area (Å²) in [7, 11) is 0. The first kappa shape index (κ1) is 15.2. The van der Waals surface area contributed by atoms with Gasteiger partial charge in [0, 0.05) is 12.1 Å². The summed E-state index contributed by atoms with van der Waals surface area (Å²) in [6.45, 7) is 0. The predicted molar refractivity (Wildman–Crippen MR) is 92.6 cm³/mol. The van der Waals surface area contributed by atoms with Gasteiger partial charge in [0.2, 0.25) is 0 Å². The summed E-state index contributed by atoms with van der Waals surface area (Å²) in [4.78, 5) is 18.4. The second kappa shape index (κ2) is 6.05. The average molecular weight is 349 g/mol. The molecule has 0 spiro atoms. The highest BCUT2D eigenvalue weighted by atomic mass is 16.2. The minimum absolute atomic E-state index is 0.0217. The van der Waals surface area contributed by atoms with Gasteiger partial charge in [0.25, 0.3) is 5.91 Å². The van der Waals surface area contributed by atoms with Crippen molar-refractivity contribution >= 4 is 5.91 Å². The Hall–Kier alpha value is -3.03. The molecule has 3 aromatic rings. The quantitative estimate of drug-likeness (QED) is 0.721. The maximum atomic E-state index is 13.1. The van der Waals surface area contributed by atoms with E-state index < -0.39 is 0 Å². The molecule has 5 rings (SSSR count).